The maximum atomic E-state index is 12.5. The van der Waals surface area contributed by atoms with Crippen LogP contribution in [0, 0.1) is 0 Å². The second kappa shape index (κ2) is 5.90. The molecule has 3 nitrogen and oxygen atoms in total. The average molecular weight is 277 g/mol. The molecule has 0 atom stereocenters. The fraction of sp³-hybridized carbons (Fsp3) is 0.273. The predicted octanol–water partition coefficient (Wildman–Crippen LogP) is 3.31. The number of aromatic nitrogens is 1. The Morgan fingerprint density at radius 2 is 2.17 bits per heavy atom. The predicted molar refractivity (Wildman–Crippen MR) is 62.3 cm³/mol. The number of pyridine rings is 1. The molecule has 0 aliphatic carbocycles. The maximum absolute atomic E-state index is 12.5. The third kappa shape index (κ3) is 4.06. The van der Waals surface area contributed by atoms with E-state index in [0.29, 0.717) is 11.3 Å². The van der Waals surface area contributed by atoms with Crippen LogP contribution < -0.4 is 0 Å². The van der Waals surface area contributed by atoms with Gasteiger partial charge in [0.05, 0.1) is 0 Å². The third-order valence-corrected chi connectivity index (χ3v) is 2.76. The molecule has 0 saturated heterocycles. The van der Waals surface area contributed by atoms with Gasteiger partial charge in [-0.3, -0.25) is 0 Å². The number of rotatable bonds is 4. The molecule has 1 aromatic rings. The Balaban J connectivity index is 3.16. The summed E-state index contributed by atoms with van der Waals surface area (Å²) in [6.07, 6.45) is -2.41. The molecule has 1 heterocycles. The SMILES string of the molecule is CCSc1nc(C(F)(F)F)ccc1/C=C/C(=O)O. The Kier molecular flexibility index (Phi) is 4.77. The lowest BCUT2D eigenvalue weighted by Crippen LogP contribution is -2.08. The number of carboxylic acid groups (broad SMARTS) is 1. The van der Waals surface area contributed by atoms with Gasteiger partial charge < -0.3 is 5.11 Å². The molecule has 0 spiro atoms. The minimum Gasteiger partial charge on any atom is -0.478 e. The van der Waals surface area contributed by atoms with Crippen molar-refractivity contribution in [1.29, 1.82) is 0 Å². The normalized spacial score (nSPS) is 12.0. The first-order valence-electron chi connectivity index (χ1n) is 4.96. The van der Waals surface area contributed by atoms with Crippen LogP contribution in [0.3, 0.4) is 0 Å². The molecule has 1 N–H and O–H groups in total. The van der Waals surface area contributed by atoms with Crippen LogP contribution in [0.4, 0.5) is 13.2 Å². The van der Waals surface area contributed by atoms with Crippen LogP contribution in [0.2, 0.25) is 0 Å². The summed E-state index contributed by atoms with van der Waals surface area (Å²) >= 11 is 1.13. The van der Waals surface area contributed by atoms with Crippen molar-refractivity contribution in [2.45, 2.75) is 18.1 Å². The van der Waals surface area contributed by atoms with Gasteiger partial charge in [-0.1, -0.05) is 13.0 Å². The van der Waals surface area contributed by atoms with Crippen molar-refractivity contribution < 1.29 is 23.1 Å². The summed E-state index contributed by atoms with van der Waals surface area (Å²) < 4.78 is 37.4. The summed E-state index contributed by atoms with van der Waals surface area (Å²) in [5.74, 6) is -0.621. The maximum Gasteiger partial charge on any atom is 0.433 e. The van der Waals surface area contributed by atoms with Gasteiger partial charge in [0.2, 0.25) is 0 Å². The molecule has 18 heavy (non-hydrogen) atoms. The minimum atomic E-state index is -4.50. The molecule has 0 unspecified atom stereocenters. The highest BCUT2D eigenvalue weighted by Crippen LogP contribution is 2.31. The van der Waals surface area contributed by atoms with E-state index < -0.39 is 17.8 Å². The van der Waals surface area contributed by atoms with E-state index in [1.165, 1.54) is 12.1 Å². The molecule has 0 bridgehead atoms. The van der Waals surface area contributed by atoms with E-state index in [1.54, 1.807) is 6.92 Å². The van der Waals surface area contributed by atoms with Gasteiger partial charge in [-0.2, -0.15) is 13.2 Å². The Hall–Kier alpha value is -1.50. The Morgan fingerprint density at radius 3 is 2.67 bits per heavy atom. The quantitative estimate of drug-likeness (QED) is 0.677. The summed E-state index contributed by atoms with van der Waals surface area (Å²) in [5.41, 5.74) is -0.622. The van der Waals surface area contributed by atoms with Crippen LogP contribution in [0.5, 0.6) is 0 Å². The monoisotopic (exact) mass is 277 g/mol. The van der Waals surface area contributed by atoms with E-state index in [1.807, 2.05) is 0 Å². The molecular weight excluding hydrogens is 267 g/mol. The van der Waals surface area contributed by atoms with Gasteiger partial charge in [0, 0.05) is 11.6 Å². The van der Waals surface area contributed by atoms with E-state index in [0.717, 1.165) is 23.9 Å². The third-order valence-electron chi connectivity index (χ3n) is 1.87. The zero-order chi connectivity index (χ0) is 13.8. The van der Waals surface area contributed by atoms with Gasteiger partial charge in [-0.15, -0.1) is 11.8 Å². The van der Waals surface area contributed by atoms with Crippen molar-refractivity contribution in [3.63, 3.8) is 0 Å². The second-order valence-corrected chi connectivity index (χ2v) is 4.45. The highest BCUT2D eigenvalue weighted by atomic mass is 32.2. The van der Waals surface area contributed by atoms with Gasteiger partial charge in [-0.25, -0.2) is 9.78 Å². The molecule has 1 aromatic heterocycles. The van der Waals surface area contributed by atoms with Gasteiger partial charge >= 0.3 is 12.1 Å². The van der Waals surface area contributed by atoms with Crippen LogP contribution in [0.15, 0.2) is 23.2 Å². The molecule has 98 valence electrons. The van der Waals surface area contributed by atoms with Crippen molar-refractivity contribution in [1.82, 2.24) is 4.98 Å². The van der Waals surface area contributed by atoms with E-state index in [-0.39, 0.29) is 5.03 Å². The van der Waals surface area contributed by atoms with Crippen LogP contribution in [0.1, 0.15) is 18.2 Å². The smallest absolute Gasteiger partial charge is 0.433 e. The van der Waals surface area contributed by atoms with E-state index in [9.17, 15) is 18.0 Å². The molecule has 0 aliphatic rings. The molecule has 0 aromatic carbocycles. The van der Waals surface area contributed by atoms with E-state index in [4.69, 9.17) is 5.11 Å². The molecule has 0 fully saturated rings. The lowest BCUT2D eigenvalue weighted by atomic mass is 10.2. The summed E-state index contributed by atoms with van der Waals surface area (Å²) in [7, 11) is 0. The first kappa shape index (κ1) is 14.6. The minimum absolute atomic E-state index is 0.171. The molecule has 7 heteroatoms. The van der Waals surface area contributed by atoms with Gasteiger partial charge in [0.15, 0.2) is 0 Å². The Labute approximate surface area is 106 Å². The topological polar surface area (TPSA) is 50.2 Å². The van der Waals surface area contributed by atoms with Crippen LogP contribution in [-0.4, -0.2) is 21.8 Å². The molecule has 0 radical (unpaired) electrons. The van der Waals surface area contributed by atoms with Crippen molar-refractivity contribution in [3.05, 3.63) is 29.5 Å². The molecule has 1 rings (SSSR count). The van der Waals surface area contributed by atoms with E-state index in [2.05, 4.69) is 4.98 Å². The zero-order valence-corrected chi connectivity index (χ0v) is 10.2. The molecule has 0 aliphatic heterocycles. The lowest BCUT2D eigenvalue weighted by molar-refractivity contribution is -0.141. The Morgan fingerprint density at radius 1 is 1.50 bits per heavy atom. The molecule has 0 amide bonds. The number of hydrogen-bond acceptors (Lipinski definition) is 3. The highest BCUT2D eigenvalue weighted by Gasteiger charge is 2.32. The van der Waals surface area contributed by atoms with Gasteiger partial charge in [0.25, 0.3) is 0 Å². The van der Waals surface area contributed by atoms with Crippen molar-refractivity contribution in [2.75, 3.05) is 5.75 Å². The number of thioether (sulfide) groups is 1. The van der Waals surface area contributed by atoms with E-state index >= 15 is 0 Å². The first-order chi connectivity index (χ1) is 8.34. The van der Waals surface area contributed by atoms with Crippen LogP contribution in [-0.2, 0) is 11.0 Å². The average Bonchev–Trinajstić information content (AvgIpc) is 2.26. The first-order valence-corrected chi connectivity index (χ1v) is 5.95. The standard InChI is InChI=1S/C11H10F3NO2S/c1-2-18-10-7(4-6-9(16)17)3-5-8(15-10)11(12,13)14/h3-6H,2H2,1H3,(H,16,17)/b6-4+. The summed E-state index contributed by atoms with van der Waals surface area (Å²) in [6.45, 7) is 1.78. The second-order valence-electron chi connectivity index (χ2n) is 3.19. The number of halogens is 3. The fourth-order valence-electron chi connectivity index (χ4n) is 1.15. The van der Waals surface area contributed by atoms with Crippen LogP contribution in [0.25, 0.3) is 6.08 Å². The molecule has 0 saturated carbocycles. The van der Waals surface area contributed by atoms with Crippen molar-refractivity contribution >= 4 is 23.8 Å². The van der Waals surface area contributed by atoms with Gasteiger partial charge in [0.1, 0.15) is 10.7 Å². The summed E-state index contributed by atoms with van der Waals surface area (Å²) in [5, 5.41) is 8.66. The number of nitrogens with zero attached hydrogens (tertiary/aromatic N) is 1. The van der Waals surface area contributed by atoms with Crippen LogP contribution >= 0.6 is 11.8 Å². The largest absolute Gasteiger partial charge is 0.478 e. The number of carbonyl (C=O) groups is 1. The lowest BCUT2D eigenvalue weighted by Gasteiger charge is -2.09. The highest BCUT2D eigenvalue weighted by molar-refractivity contribution is 7.99. The Bertz CT molecular complexity index is 472. The number of aliphatic carboxylic acids is 1. The zero-order valence-electron chi connectivity index (χ0n) is 9.36. The fourth-order valence-corrected chi connectivity index (χ4v) is 1.89. The summed E-state index contributed by atoms with van der Waals surface area (Å²) in [4.78, 5) is 13.9. The van der Waals surface area contributed by atoms with Crippen molar-refractivity contribution in [3.8, 4) is 0 Å². The number of hydrogen-bond donors (Lipinski definition) is 1. The molecular formula is C11H10F3NO2S. The number of carboxylic acids is 1. The van der Waals surface area contributed by atoms with Crippen molar-refractivity contribution in [2.24, 2.45) is 0 Å². The summed E-state index contributed by atoms with van der Waals surface area (Å²) in [6, 6.07) is 2.05. The van der Waals surface area contributed by atoms with Gasteiger partial charge in [-0.05, 0) is 17.9 Å². The number of alkyl halides is 3.